The number of hydrogen-bond donors (Lipinski definition) is 1. The average Bonchev–Trinajstić information content (AvgIpc) is 3.10. The van der Waals surface area contributed by atoms with Gasteiger partial charge in [-0.2, -0.15) is 0 Å². The number of benzene rings is 1. The number of hydrogen-bond acceptors (Lipinski definition) is 7. The molecule has 0 bridgehead atoms. The lowest BCUT2D eigenvalue weighted by Crippen LogP contribution is -2.46. The number of nitrogens with zero attached hydrogens (tertiary/aromatic N) is 2. The highest BCUT2D eigenvalue weighted by Crippen LogP contribution is 2.17. The fourth-order valence-corrected chi connectivity index (χ4v) is 3.69. The van der Waals surface area contributed by atoms with Gasteiger partial charge in [-0.25, -0.2) is 9.59 Å². The Morgan fingerprint density at radius 1 is 1.03 bits per heavy atom. The van der Waals surface area contributed by atoms with Gasteiger partial charge in [-0.3, -0.25) is 14.5 Å². The zero-order valence-electron chi connectivity index (χ0n) is 20.1. The van der Waals surface area contributed by atoms with E-state index in [4.69, 9.17) is 32.7 Å². The van der Waals surface area contributed by atoms with Crippen LogP contribution in [0.2, 0.25) is 0 Å². The first-order valence-electron chi connectivity index (χ1n) is 11.2. The second-order valence-electron chi connectivity index (χ2n) is 8.76. The Hall–Kier alpha value is -2.78. The summed E-state index contributed by atoms with van der Waals surface area (Å²) in [5.74, 6) is -0.731. The number of carbonyl (C=O) groups excluding carboxylic acids is 4. The van der Waals surface area contributed by atoms with Gasteiger partial charge >= 0.3 is 12.1 Å². The van der Waals surface area contributed by atoms with Crippen LogP contribution in [0.3, 0.4) is 0 Å². The van der Waals surface area contributed by atoms with Gasteiger partial charge in [0.15, 0.2) is 0 Å². The van der Waals surface area contributed by atoms with E-state index in [-0.39, 0.29) is 19.6 Å². The van der Waals surface area contributed by atoms with Crippen LogP contribution in [-0.4, -0.2) is 78.4 Å². The number of halogens is 2. The zero-order valence-corrected chi connectivity index (χ0v) is 21.6. The molecule has 1 N–H and O–H groups in total. The molecule has 0 fully saturated rings. The molecule has 3 amide bonds. The van der Waals surface area contributed by atoms with Gasteiger partial charge < -0.3 is 19.7 Å². The van der Waals surface area contributed by atoms with Gasteiger partial charge in [0.05, 0.1) is 6.54 Å². The molecule has 1 aliphatic rings. The summed E-state index contributed by atoms with van der Waals surface area (Å²) in [6.07, 6.45) is 1.69. The minimum absolute atomic E-state index is 0.0821. The third kappa shape index (κ3) is 9.41. The fraction of sp³-hybridized carbons (Fsp3) is 0.500. The number of ether oxygens (including phenoxy) is 2. The van der Waals surface area contributed by atoms with Crippen LogP contribution in [0, 0.1) is 0 Å². The SMILES string of the molecule is CC(C)(C)OC(=O)N[C@@H](Cc1ccc(N(CCCl)CCCl)cc1)C(=O)OCCN1C(=O)C=CC1=O. The lowest BCUT2D eigenvalue weighted by Gasteiger charge is -2.24. The van der Waals surface area contributed by atoms with E-state index in [2.05, 4.69) is 5.32 Å². The molecule has 9 nitrogen and oxygen atoms in total. The Kier molecular flexibility index (Phi) is 10.9. The predicted octanol–water partition coefficient (Wildman–Crippen LogP) is 2.87. The molecule has 0 spiro atoms. The van der Waals surface area contributed by atoms with Crippen molar-refractivity contribution >= 4 is 52.8 Å². The molecule has 0 saturated carbocycles. The molecule has 0 aromatic heterocycles. The number of alkyl halides is 2. The minimum Gasteiger partial charge on any atom is -0.462 e. The number of amides is 3. The van der Waals surface area contributed by atoms with Crippen LogP contribution in [-0.2, 0) is 30.3 Å². The van der Waals surface area contributed by atoms with E-state index in [1.807, 2.05) is 29.2 Å². The summed E-state index contributed by atoms with van der Waals surface area (Å²) < 4.78 is 10.6. The topological polar surface area (TPSA) is 105 Å². The van der Waals surface area contributed by atoms with E-state index < -0.39 is 35.5 Å². The van der Waals surface area contributed by atoms with Crippen molar-refractivity contribution < 1.29 is 28.7 Å². The van der Waals surface area contributed by atoms with Crippen molar-refractivity contribution in [1.82, 2.24) is 10.2 Å². The summed E-state index contributed by atoms with van der Waals surface area (Å²) in [4.78, 5) is 51.5. The highest BCUT2D eigenvalue weighted by Gasteiger charge is 2.27. The van der Waals surface area contributed by atoms with E-state index in [1.165, 1.54) is 0 Å². The van der Waals surface area contributed by atoms with Gasteiger partial charge in [0.25, 0.3) is 11.8 Å². The molecule has 0 saturated heterocycles. The van der Waals surface area contributed by atoms with Crippen molar-refractivity contribution in [3.63, 3.8) is 0 Å². The lowest BCUT2D eigenvalue weighted by atomic mass is 10.1. The first kappa shape index (κ1) is 28.5. The van der Waals surface area contributed by atoms with Crippen LogP contribution in [0.15, 0.2) is 36.4 Å². The lowest BCUT2D eigenvalue weighted by molar-refractivity contribution is -0.149. The maximum absolute atomic E-state index is 12.8. The number of nitrogens with one attached hydrogen (secondary N) is 1. The molecule has 1 aromatic carbocycles. The summed E-state index contributed by atoms with van der Waals surface area (Å²) in [7, 11) is 0. The number of esters is 1. The molecule has 2 rings (SSSR count). The highest BCUT2D eigenvalue weighted by atomic mass is 35.5. The van der Waals surface area contributed by atoms with Crippen molar-refractivity contribution in [2.45, 2.75) is 38.8 Å². The molecule has 1 heterocycles. The smallest absolute Gasteiger partial charge is 0.408 e. The summed E-state index contributed by atoms with van der Waals surface area (Å²) >= 11 is 11.8. The maximum atomic E-state index is 12.8. The van der Waals surface area contributed by atoms with Gasteiger partial charge in [0.1, 0.15) is 18.2 Å². The molecule has 1 aliphatic heterocycles. The largest absolute Gasteiger partial charge is 0.462 e. The zero-order chi connectivity index (χ0) is 26.0. The van der Waals surface area contributed by atoms with Crippen molar-refractivity contribution in [2.24, 2.45) is 0 Å². The van der Waals surface area contributed by atoms with Gasteiger partial charge in [-0.05, 0) is 38.5 Å². The molecular formula is C24H31Cl2N3O6. The number of rotatable bonds is 12. The van der Waals surface area contributed by atoms with Crippen LogP contribution in [0.1, 0.15) is 26.3 Å². The average molecular weight is 528 g/mol. The van der Waals surface area contributed by atoms with Crippen LogP contribution in [0.5, 0.6) is 0 Å². The van der Waals surface area contributed by atoms with E-state index in [0.29, 0.717) is 24.8 Å². The Morgan fingerprint density at radius 2 is 1.60 bits per heavy atom. The molecular weight excluding hydrogens is 497 g/mol. The van der Waals surface area contributed by atoms with Crippen molar-refractivity contribution in [2.75, 3.05) is 42.9 Å². The number of carbonyl (C=O) groups is 4. The summed E-state index contributed by atoms with van der Waals surface area (Å²) in [5, 5.41) is 2.55. The number of alkyl carbamates (subject to hydrolysis) is 1. The third-order valence-electron chi connectivity index (χ3n) is 4.89. The summed E-state index contributed by atoms with van der Waals surface area (Å²) in [6, 6.07) is 6.43. The van der Waals surface area contributed by atoms with E-state index in [1.54, 1.807) is 20.8 Å². The highest BCUT2D eigenvalue weighted by molar-refractivity contribution is 6.18. The predicted molar refractivity (Wildman–Crippen MR) is 134 cm³/mol. The second kappa shape index (κ2) is 13.3. The molecule has 35 heavy (non-hydrogen) atoms. The normalized spacial score (nSPS) is 14.1. The Balaban J connectivity index is 2.07. The van der Waals surface area contributed by atoms with Crippen molar-refractivity contribution in [3.8, 4) is 0 Å². The van der Waals surface area contributed by atoms with E-state index in [0.717, 1.165) is 28.3 Å². The molecule has 1 atom stereocenters. The van der Waals surface area contributed by atoms with Crippen molar-refractivity contribution in [1.29, 1.82) is 0 Å². The van der Waals surface area contributed by atoms with E-state index in [9.17, 15) is 19.2 Å². The molecule has 0 radical (unpaired) electrons. The van der Waals surface area contributed by atoms with Gasteiger partial charge in [-0.15, -0.1) is 23.2 Å². The van der Waals surface area contributed by atoms with Crippen LogP contribution in [0.25, 0.3) is 0 Å². The van der Waals surface area contributed by atoms with Gasteiger partial charge in [-0.1, -0.05) is 12.1 Å². The quantitative estimate of drug-likeness (QED) is 0.253. The van der Waals surface area contributed by atoms with E-state index >= 15 is 0 Å². The van der Waals surface area contributed by atoms with Gasteiger partial charge in [0, 0.05) is 49.1 Å². The summed E-state index contributed by atoms with van der Waals surface area (Å²) in [6.45, 7) is 6.13. The fourth-order valence-electron chi connectivity index (χ4n) is 3.29. The maximum Gasteiger partial charge on any atom is 0.408 e. The first-order chi connectivity index (χ1) is 16.5. The van der Waals surface area contributed by atoms with Crippen LogP contribution < -0.4 is 10.2 Å². The van der Waals surface area contributed by atoms with Crippen LogP contribution >= 0.6 is 23.2 Å². The molecule has 0 unspecified atom stereocenters. The molecule has 1 aromatic rings. The second-order valence-corrected chi connectivity index (χ2v) is 9.52. The Morgan fingerprint density at radius 3 is 2.11 bits per heavy atom. The molecule has 11 heteroatoms. The molecule has 0 aliphatic carbocycles. The standard InChI is InChI=1S/C24H31Cl2N3O6/c1-24(2,3)35-23(33)27-19(22(32)34-15-14-29-20(30)8-9-21(29)31)16-17-4-6-18(7-5-17)28(12-10-25)13-11-26/h4-9,19H,10-16H2,1-3H3,(H,27,33)/t19-/m0/s1. The van der Waals surface area contributed by atoms with Crippen LogP contribution in [0.4, 0.5) is 10.5 Å². The first-order valence-corrected chi connectivity index (χ1v) is 12.3. The number of anilines is 1. The molecule has 192 valence electrons. The van der Waals surface area contributed by atoms with Gasteiger partial charge in [0.2, 0.25) is 0 Å². The Bertz CT molecular complexity index is 906. The Labute approximate surface area is 215 Å². The number of imide groups is 1. The monoisotopic (exact) mass is 527 g/mol. The summed E-state index contributed by atoms with van der Waals surface area (Å²) in [5.41, 5.74) is 0.957. The minimum atomic E-state index is -1.04. The van der Waals surface area contributed by atoms with Crippen molar-refractivity contribution in [3.05, 3.63) is 42.0 Å². The third-order valence-corrected chi connectivity index (χ3v) is 5.22.